The van der Waals surface area contributed by atoms with Gasteiger partial charge in [-0.25, -0.2) is 13.9 Å². The largest absolute Gasteiger partial charge is 0.325 e. The molecule has 0 saturated carbocycles. The zero-order chi connectivity index (χ0) is 13.4. The molecular formula is C13H10ClFN4. The van der Waals surface area contributed by atoms with E-state index in [1.54, 1.807) is 28.8 Å². The molecule has 4 nitrogen and oxygen atoms in total. The highest BCUT2D eigenvalue weighted by Crippen LogP contribution is 2.24. The summed E-state index contributed by atoms with van der Waals surface area (Å²) in [4.78, 5) is 4.46. The third-order valence-electron chi connectivity index (χ3n) is 2.85. The molecule has 0 unspecified atom stereocenters. The summed E-state index contributed by atoms with van der Waals surface area (Å²) in [7, 11) is 0. The van der Waals surface area contributed by atoms with Crippen molar-refractivity contribution >= 4 is 17.2 Å². The third kappa shape index (κ3) is 2.07. The number of rotatable bonds is 2. The van der Waals surface area contributed by atoms with E-state index in [0.29, 0.717) is 16.5 Å². The quantitative estimate of drug-likeness (QED) is 0.783. The Kier molecular flexibility index (Phi) is 2.93. The van der Waals surface area contributed by atoms with E-state index >= 15 is 0 Å². The van der Waals surface area contributed by atoms with Crippen LogP contribution in [0.25, 0.3) is 16.9 Å². The fourth-order valence-electron chi connectivity index (χ4n) is 1.98. The Balaban J connectivity index is 2.25. The van der Waals surface area contributed by atoms with Gasteiger partial charge in [0.05, 0.1) is 11.4 Å². The molecule has 6 heteroatoms. The number of halogens is 2. The van der Waals surface area contributed by atoms with Crippen LogP contribution in [0, 0.1) is 5.82 Å². The molecule has 2 N–H and O–H groups in total. The fraction of sp³-hybridized carbons (Fsp3) is 0.0769. The molecule has 0 spiro atoms. The minimum absolute atomic E-state index is 0.265. The van der Waals surface area contributed by atoms with Crippen molar-refractivity contribution in [3.63, 3.8) is 0 Å². The second-order valence-corrected chi connectivity index (χ2v) is 4.43. The summed E-state index contributed by atoms with van der Waals surface area (Å²) in [6.45, 7) is 0.265. The summed E-state index contributed by atoms with van der Waals surface area (Å²) < 4.78 is 14.6. The van der Waals surface area contributed by atoms with Crippen molar-refractivity contribution in [1.82, 2.24) is 14.6 Å². The fourth-order valence-corrected chi connectivity index (χ4v) is 2.12. The molecule has 0 aliphatic heterocycles. The van der Waals surface area contributed by atoms with Gasteiger partial charge in [-0.15, -0.1) is 0 Å². The molecular weight excluding hydrogens is 267 g/mol. The van der Waals surface area contributed by atoms with Gasteiger partial charge in [0.2, 0.25) is 0 Å². The zero-order valence-electron chi connectivity index (χ0n) is 9.85. The Hall–Kier alpha value is -1.98. The molecule has 2 aromatic heterocycles. The Morgan fingerprint density at radius 2 is 1.89 bits per heavy atom. The van der Waals surface area contributed by atoms with Gasteiger partial charge in [-0.05, 0) is 36.4 Å². The second-order valence-electron chi connectivity index (χ2n) is 4.04. The van der Waals surface area contributed by atoms with Crippen molar-refractivity contribution in [2.75, 3.05) is 0 Å². The Morgan fingerprint density at radius 1 is 1.16 bits per heavy atom. The Bertz CT molecular complexity index is 736. The molecule has 0 amide bonds. The molecule has 0 radical (unpaired) electrons. The highest BCUT2D eigenvalue weighted by molar-refractivity contribution is 6.29. The first-order valence-electron chi connectivity index (χ1n) is 5.69. The van der Waals surface area contributed by atoms with Gasteiger partial charge in [-0.3, -0.25) is 0 Å². The van der Waals surface area contributed by atoms with Crippen molar-refractivity contribution < 1.29 is 4.39 Å². The van der Waals surface area contributed by atoms with Crippen LogP contribution in [0.15, 0.2) is 36.4 Å². The van der Waals surface area contributed by atoms with Gasteiger partial charge in [-0.2, -0.15) is 5.10 Å². The predicted molar refractivity (Wildman–Crippen MR) is 71.3 cm³/mol. The lowest BCUT2D eigenvalue weighted by atomic mass is 10.1. The van der Waals surface area contributed by atoms with Crippen LogP contribution in [0.4, 0.5) is 4.39 Å². The summed E-state index contributed by atoms with van der Waals surface area (Å²) in [5, 5.41) is 4.54. The second kappa shape index (κ2) is 4.60. The maximum Gasteiger partial charge on any atom is 0.154 e. The van der Waals surface area contributed by atoms with Crippen molar-refractivity contribution in [2.45, 2.75) is 6.54 Å². The third-order valence-corrected chi connectivity index (χ3v) is 3.05. The summed E-state index contributed by atoms with van der Waals surface area (Å²) in [5.74, 6) is -0.289. The van der Waals surface area contributed by atoms with E-state index in [0.717, 1.165) is 11.3 Å². The molecule has 0 atom stereocenters. The van der Waals surface area contributed by atoms with Gasteiger partial charge in [-0.1, -0.05) is 11.6 Å². The highest BCUT2D eigenvalue weighted by atomic mass is 35.5. The van der Waals surface area contributed by atoms with E-state index in [1.165, 1.54) is 12.1 Å². The number of benzene rings is 1. The molecule has 1 aromatic carbocycles. The van der Waals surface area contributed by atoms with E-state index in [1.807, 2.05) is 0 Å². The molecule has 0 saturated heterocycles. The smallest absolute Gasteiger partial charge is 0.154 e. The van der Waals surface area contributed by atoms with Gasteiger partial charge in [0.25, 0.3) is 0 Å². The first-order chi connectivity index (χ1) is 9.19. The lowest BCUT2D eigenvalue weighted by Gasteiger charge is -2.01. The molecule has 0 fully saturated rings. The van der Waals surface area contributed by atoms with Crippen molar-refractivity contribution in [2.24, 2.45) is 5.73 Å². The van der Waals surface area contributed by atoms with Crippen LogP contribution in [0.5, 0.6) is 0 Å². The van der Waals surface area contributed by atoms with Crippen LogP contribution in [0.3, 0.4) is 0 Å². The van der Waals surface area contributed by atoms with E-state index in [-0.39, 0.29) is 12.4 Å². The molecule has 3 rings (SSSR count). The lowest BCUT2D eigenvalue weighted by molar-refractivity contribution is 0.628. The first-order valence-corrected chi connectivity index (χ1v) is 6.07. The van der Waals surface area contributed by atoms with Crippen LogP contribution in [-0.2, 0) is 6.54 Å². The maximum absolute atomic E-state index is 13.0. The van der Waals surface area contributed by atoms with Crippen molar-refractivity contribution in [1.29, 1.82) is 0 Å². The van der Waals surface area contributed by atoms with Crippen LogP contribution in [0.2, 0.25) is 5.15 Å². The van der Waals surface area contributed by atoms with Crippen LogP contribution in [-0.4, -0.2) is 14.6 Å². The first kappa shape index (κ1) is 12.1. The number of aromatic nitrogens is 3. The maximum atomic E-state index is 13.0. The topological polar surface area (TPSA) is 56.2 Å². The normalized spacial score (nSPS) is 11.1. The minimum atomic E-state index is -0.289. The number of imidazole rings is 1. The summed E-state index contributed by atoms with van der Waals surface area (Å²) in [6.07, 6.45) is 0. The number of fused-ring (bicyclic) bond motifs is 1. The number of nitrogens with zero attached hydrogens (tertiary/aromatic N) is 3. The molecule has 0 aliphatic carbocycles. The van der Waals surface area contributed by atoms with Crippen molar-refractivity contribution in [3.05, 3.63) is 53.1 Å². The van der Waals surface area contributed by atoms with Crippen molar-refractivity contribution in [3.8, 4) is 11.3 Å². The summed E-state index contributed by atoms with van der Waals surface area (Å²) in [5.41, 5.74) is 8.64. The average molecular weight is 277 g/mol. The van der Waals surface area contributed by atoms with Crippen LogP contribution in [0.1, 0.15) is 5.69 Å². The van der Waals surface area contributed by atoms with Gasteiger partial charge < -0.3 is 5.73 Å². The standard InChI is InChI=1S/C13H10ClFN4/c14-11-5-6-12-17-13(10(7-16)19(12)18-11)8-1-3-9(15)4-2-8/h1-6H,7,16H2. The van der Waals surface area contributed by atoms with Gasteiger partial charge in [0.15, 0.2) is 5.65 Å². The van der Waals surface area contributed by atoms with E-state index in [2.05, 4.69) is 10.1 Å². The molecule has 19 heavy (non-hydrogen) atoms. The number of hydrogen-bond donors (Lipinski definition) is 1. The van der Waals surface area contributed by atoms with E-state index in [9.17, 15) is 4.39 Å². The zero-order valence-corrected chi connectivity index (χ0v) is 10.6. The summed E-state index contributed by atoms with van der Waals surface area (Å²) in [6, 6.07) is 9.54. The molecule has 96 valence electrons. The minimum Gasteiger partial charge on any atom is -0.325 e. The Morgan fingerprint density at radius 3 is 2.58 bits per heavy atom. The van der Waals surface area contributed by atoms with Gasteiger partial charge in [0, 0.05) is 12.1 Å². The average Bonchev–Trinajstić information content (AvgIpc) is 2.77. The summed E-state index contributed by atoms with van der Waals surface area (Å²) >= 11 is 5.87. The monoisotopic (exact) mass is 276 g/mol. The SMILES string of the molecule is NCc1c(-c2ccc(F)cc2)nc2ccc(Cl)nn12. The van der Waals surface area contributed by atoms with Gasteiger partial charge >= 0.3 is 0 Å². The Labute approximate surface area is 113 Å². The van der Waals surface area contributed by atoms with E-state index in [4.69, 9.17) is 17.3 Å². The van der Waals surface area contributed by atoms with Crippen LogP contribution < -0.4 is 5.73 Å². The molecule has 2 heterocycles. The lowest BCUT2D eigenvalue weighted by Crippen LogP contribution is -2.04. The van der Waals surface area contributed by atoms with E-state index < -0.39 is 0 Å². The molecule has 0 aliphatic rings. The number of nitrogens with two attached hydrogens (primary N) is 1. The highest BCUT2D eigenvalue weighted by Gasteiger charge is 2.14. The molecule has 0 bridgehead atoms. The molecule has 3 aromatic rings. The number of hydrogen-bond acceptors (Lipinski definition) is 3. The van der Waals surface area contributed by atoms with Crippen LogP contribution >= 0.6 is 11.6 Å². The predicted octanol–water partition coefficient (Wildman–Crippen LogP) is 2.65. The van der Waals surface area contributed by atoms with Gasteiger partial charge in [0.1, 0.15) is 11.0 Å².